The number of anilines is 1. The molecule has 0 N–H and O–H groups in total. The van der Waals surface area contributed by atoms with Crippen molar-refractivity contribution in [2.24, 2.45) is 5.41 Å². The molecule has 27 heavy (non-hydrogen) atoms. The molecule has 0 aromatic heterocycles. The maximum Gasteiger partial charge on any atom is 0.494 e. The molecule has 1 atom stereocenters. The van der Waals surface area contributed by atoms with Crippen LogP contribution in [0.25, 0.3) is 0 Å². The van der Waals surface area contributed by atoms with E-state index in [0.29, 0.717) is 0 Å². The Morgan fingerprint density at radius 2 is 1.93 bits per heavy atom. The molecule has 0 radical (unpaired) electrons. The molecule has 4 nitrogen and oxygen atoms in total. The molecule has 1 aromatic rings. The highest BCUT2D eigenvalue weighted by molar-refractivity contribution is 6.62. The van der Waals surface area contributed by atoms with E-state index in [1.165, 1.54) is 5.56 Å². The number of benzene rings is 1. The Balaban J connectivity index is 1.85. The Kier molecular flexibility index (Phi) is 5.24. The number of aryl methyl sites for hydroxylation is 1. The highest BCUT2D eigenvalue weighted by atomic mass is 16.7. The molecule has 5 heteroatoms. The first-order valence-corrected chi connectivity index (χ1v) is 10.2. The van der Waals surface area contributed by atoms with E-state index >= 15 is 0 Å². The number of fused-ring (bicyclic) bond motifs is 1. The van der Waals surface area contributed by atoms with Crippen molar-refractivity contribution >= 4 is 24.2 Å². The summed E-state index contributed by atoms with van der Waals surface area (Å²) in [5.74, 6) is 0.0942. The van der Waals surface area contributed by atoms with E-state index in [2.05, 4.69) is 59.7 Å². The summed E-state index contributed by atoms with van der Waals surface area (Å²) in [6, 6.07) is 6.31. The van der Waals surface area contributed by atoms with Gasteiger partial charge < -0.3 is 14.2 Å². The van der Waals surface area contributed by atoms with E-state index in [-0.39, 0.29) is 22.5 Å². The Bertz CT molecular complexity index is 725. The lowest BCUT2D eigenvalue weighted by Crippen LogP contribution is -2.45. The van der Waals surface area contributed by atoms with Crippen molar-refractivity contribution in [1.82, 2.24) is 0 Å². The minimum absolute atomic E-state index is 0.0942. The van der Waals surface area contributed by atoms with Crippen molar-refractivity contribution in [2.45, 2.75) is 85.4 Å². The Labute approximate surface area is 164 Å². The van der Waals surface area contributed by atoms with Crippen molar-refractivity contribution in [1.29, 1.82) is 0 Å². The second-order valence-corrected chi connectivity index (χ2v) is 10.0. The van der Waals surface area contributed by atoms with E-state index in [9.17, 15) is 4.79 Å². The standard InChI is InChI=1S/C22H34BNO3/c1-16(25)24-14-8-9-17-10-11-18(15-19(17)24)23-26-21(5,6)22(7,27-23)13-12-20(2,3)4/h10-11,15H,8-9,12-14H2,1-7H3. The molecule has 1 amide bonds. The molecule has 1 unspecified atom stereocenters. The van der Waals surface area contributed by atoms with Crippen molar-refractivity contribution in [3.63, 3.8) is 0 Å². The minimum Gasteiger partial charge on any atom is -0.399 e. The third-order valence-electron chi connectivity index (χ3n) is 6.27. The van der Waals surface area contributed by atoms with Crippen LogP contribution in [0.3, 0.4) is 0 Å². The predicted molar refractivity (Wildman–Crippen MR) is 112 cm³/mol. The van der Waals surface area contributed by atoms with Gasteiger partial charge in [0.05, 0.1) is 11.2 Å². The fourth-order valence-electron chi connectivity index (χ4n) is 3.97. The zero-order valence-electron chi connectivity index (χ0n) is 18.0. The number of amides is 1. The van der Waals surface area contributed by atoms with E-state index in [1.807, 2.05) is 4.90 Å². The molecule has 148 valence electrons. The molecule has 0 bridgehead atoms. The van der Waals surface area contributed by atoms with Crippen molar-refractivity contribution < 1.29 is 14.1 Å². The Morgan fingerprint density at radius 3 is 2.56 bits per heavy atom. The first kappa shape index (κ1) is 20.4. The second kappa shape index (κ2) is 6.93. The summed E-state index contributed by atoms with van der Waals surface area (Å²) in [5, 5.41) is 0. The summed E-state index contributed by atoms with van der Waals surface area (Å²) >= 11 is 0. The molecule has 1 saturated heterocycles. The van der Waals surface area contributed by atoms with Gasteiger partial charge >= 0.3 is 7.12 Å². The minimum atomic E-state index is -0.397. The fraction of sp³-hybridized carbons (Fsp3) is 0.682. The molecule has 3 rings (SSSR count). The normalized spacial score (nSPS) is 24.9. The van der Waals surface area contributed by atoms with Crippen LogP contribution < -0.4 is 10.4 Å². The molecule has 1 fully saturated rings. The van der Waals surface area contributed by atoms with Gasteiger partial charge in [0.1, 0.15) is 0 Å². The van der Waals surface area contributed by atoms with E-state index < -0.39 is 7.12 Å². The Morgan fingerprint density at radius 1 is 1.22 bits per heavy atom. The van der Waals surface area contributed by atoms with E-state index in [1.54, 1.807) is 6.92 Å². The van der Waals surface area contributed by atoms with Crippen molar-refractivity contribution in [3.8, 4) is 0 Å². The second-order valence-electron chi connectivity index (χ2n) is 10.0. The van der Waals surface area contributed by atoms with E-state index in [4.69, 9.17) is 9.31 Å². The smallest absolute Gasteiger partial charge is 0.399 e. The number of hydrogen-bond donors (Lipinski definition) is 0. The maximum atomic E-state index is 12.0. The van der Waals surface area contributed by atoms with Crippen LogP contribution in [0.4, 0.5) is 5.69 Å². The average Bonchev–Trinajstić information content (AvgIpc) is 2.81. The summed E-state index contributed by atoms with van der Waals surface area (Å²) in [7, 11) is -0.397. The molecule has 2 aliphatic rings. The summed E-state index contributed by atoms with van der Waals surface area (Å²) in [6.07, 6.45) is 4.05. The number of nitrogens with zero attached hydrogens (tertiary/aromatic N) is 1. The quantitative estimate of drug-likeness (QED) is 0.752. The summed E-state index contributed by atoms with van der Waals surface area (Å²) in [4.78, 5) is 13.9. The van der Waals surface area contributed by atoms with Gasteiger partial charge in [0, 0.05) is 19.2 Å². The van der Waals surface area contributed by atoms with E-state index in [0.717, 1.165) is 43.4 Å². The fourth-order valence-corrected chi connectivity index (χ4v) is 3.97. The van der Waals surface area contributed by atoms with Crippen LogP contribution in [0.5, 0.6) is 0 Å². The number of hydrogen-bond acceptors (Lipinski definition) is 3. The van der Waals surface area contributed by atoms with Crippen molar-refractivity contribution in [3.05, 3.63) is 23.8 Å². The van der Waals surface area contributed by atoms with Crippen LogP contribution in [-0.4, -0.2) is 30.8 Å². The molecule has 0 spiro atoms. The topological polar surface area (TPSA) is 38.8 Å². The summed E-state index contributed by atoms with van der Waals surface area (Å²) < 4.78 is 12.9. The van der Waals surface area contributed by atoms with Gasteiger partial charge in [0.25, 0.3) is 0 Å². The zero-order valence-corrected chi connectivity index (χ0v) is 18.0. The molecule has 1 aromatic carbocycles. The van der Waals surface area contributed by atoms with Crippen LogP contribution in [0.2, 0.25) is 0 Å². The lowest BCUT2D eigenvalue weighted by Gasteiger charge is -2.38. The first-order valence-electron chi connectivity index (χ1n) is 10.2. The Hall–Kier alpha value is -1.33. The molecule has 0 aliphatic carbocycles. The number of carbonyl (C=O) groups excluding carboxylic acids is 1. The van der Waals surface area contributed by atoms with Gasteiger partial charge in [-0.15, -0.1) is 0 Å². The number of rotatable bonds is 3. The van der Waals surface area contributed by atoms with Gasteiger partial charge in [-0.1, -0.05) is 32.9 Å². The zero-order chi connectivity index (χ0) is 20.0. The predicted octanol–water partition coefficient (Wildman–Crippen LogP) is 4.09. The van der Waals surface area contributed by atoms with Crippen LogP contribution in [-0.2, 0) is 20.5 Å². The van der Waals surface area contributed by atoms with Crippen LogP contribution >= 0.6 is 0 Å². The SMILES string of the molecule is CC(=O)N1CCCc2ccc(B3OC(C)(C)C(C)(CCC(C)(C)C)O3)cc21. The highest BCUT2D eigenvalue weighted by Crippen LogP contribution is 2.42. The molecule has 0 saturated carbocycles. The van der Waals surface area contributed by atoms with Crippen LogP contribution in [0.15, 0.2) is 18.2 Å². The average molecular weight is 371 g/mol. The van der Waals surface area contributed by atoms with Gasteiger partial charge in [0.2, 0.25) is 5.91 Å². The van der Waals surface area contributed by atoms with Gasteiger partial charge in [-0.2, -0.15) is 0 Å². The lowest BCUT2D eigenvalue weighted by atomic mass is 9.77. The molecular formula is C22H34BNO3. The van der Waals surface area contributed by atoms with Gasteiger partial charge in [0.15, 0.2) is 0 Å². The van der Waals surface area contributed by atoms with Gasteiger partial charge in [-0.3, -0.25) is 4.79 Å². The largest absolute Gasteiger partial charge is 0.494 e. The third kappa shape index (κ3) is 4.09. The molecule has 2 aliphatic heterocycles. The third-order valence-corrected chi connectivity index (χ3v) is 6.27. The van der Waals surface area contributed by atoms with Crippen LogP contribution in [0, 0.1) is 5.41 Å². The monoisotopic (exact) mass is 371 g/mol. The molecule has 2 heterocycles. The molecular weight excluding hydrogens is 337 g/mol. The maximum absolute atomic E-state index is 12.0. The number of carbonyl (C=O) groups is 1. The summed E-state index contributed by atoms with van der Waals surface area (Å²) in [6.45, 7) is 15.6. The first-order chi connectivity index (χ1) is 12.4. The lowest BCUT2D eigenvalue weighted by molar-refractivity contribution is -0.116. The van der Waals surface area contributed by atoms with Crippen molar-refractivity contribution in [2.75, 3.05) is 11.4 Å². The van der Waals surface area contributed by atoms with Gasteiger partial charge in [-0.25, -0.2) is 0 Å². The van der Waals surface area contributed by atoms with Crippen LogP contribution in [0.1, 0.15) is 73.3 Å². The summed E-state index contributed by atoms with van der Waals surface area (Å²) in [5.41, 5.74) is 2.77. The highest BCUT2D eigenvalue weighted by Gasteiger charge is 2.54. The van der Waals surface area contributed by atoms with Gasteiger partial charge in [-0.05, 0) is 69.0 Å².